The maximum absolute atomic E-state index is 12.7. The zero-order chi connectivity index (χ0) is 17.8. The Morgan fingerprint density at radius 1 is 1.24 bits per heavy atom. The summed E-state index contributed by atoms with van der Waals surface area (Å²) in [6.45, 7) is 4.30. The summed E-state index contributed by atoms with van der Waals surface area (Å²) >= 11 is 1.56. The Morgan fingerprint density at radius 3 is 2.76 bits per heavy atom. The lowest BCUT2D eigenvalue weighted by Gasteiger charge is -2.11. The third-order valence-electron chi connectivity index (χ3n) is 3.77. The number of rotatable bonds is 5. The summed E-state index contributed by atoms with van der Waals surface area (Å²) < 4.78 is 1.48. The minimum absolute atomic E-state index is 0.166. The van der Waals surface area contributed by atoms with Gasteiger partial charge in [-0.05, 0) is 36.9 Å². The second-order valence-corrected chi connectivity index (χ2v) is 6.75. The summed E-state index contributed by atoms with van der Waals surface area (Å²) in [5, 5.41) is 4.76. The van der Waals surface area contributed by atoms with E-state index >= 15 is 0 Å². The molecule has 25 heavy (non-hydrogen) atoms. The van der Waals surface area contributed by atoms with Gasteiger partial charge in [-0.25, -0.2) is 0 Å². The van der Waals surface area contributed by atoms with Crippen molar-refractivity contribution in [3.05, 3.63) is 79.9 Å². The predicted octanol–water partition coefficient (Wildman–Crippen LogP) is 2.29. The standard InChI is InChI=1S/C18H18N4O2S/c1-12-5-6-22(11-14-9-19-13(2)8-20-14)18(24)16(12)17(23)21-10-15-4-3-7-25-15/h3-9H,10-11H2,1-2H3,(H,21,23). The van der Waals surface area contributed by atoms with E-state index in [1.54, 1.807) is 42.9 Å². The van der Waals surface area contributed by atoms with Crippen molar-refractivity contribution in [2.45, 2.75) is 26.9 Å². The highest BCUT2D eigenvalue weighted by atomic mass is 32.1. The van der Waals surface area contributed by atoms with Crippen LogP contribution in [0.5, 0.6) is 0 Å². The van der Waals surface area contributed by atoms with Gasteiger partial charge in [-0.3, -0.25) is 19.6 Å². The summed E-state index contributed by atoms with van der Waals surface area (Å²) in [5.41, 5.74) is 1.97. The van der Waals surface area contributed by atoms with E-state index in [1.807, 2.05) is 24.4 Å². The van der Waals surface area contributed by atoms with Crippen LogP contribution in [0.1, 0.15) is 32.2 Å². The van der Waals surface area contributed by atoms with E-state index in [1.165, 1.54) is 4.57 Å². The molecule has 0 atom stereocenters. The van der Waals surface area contributed by atoms with Crippen molar-refractivity contribution in [1.82, 2.24) is 19.9 Å². The highest BCUT2D eigenvalue weighted by Crippen LogP contribution is 2.09. The number of nitrogens with one attached hydrogen (secondary N) is 1. The van der Waals surface area contributed by atoms with Gasteiger partial charge in [0.2, 0.25) is 0 Å². The van der Waals surface area contributed by atoms with Crippen molar-refractivity contribution in [3.63, 3.8) is 0 Å². The monoisotopic (exact) mass is 354 g/mol. The molecule has 0 fully saturated rings. The van der Waals surface area contributed by atoms with E-state index in [9.17, 15) is 9.59 Å². The van der Waals surface area contributed by atoms with Crippen molar-refractivity contribution in [1.29, 1.82) is 0 Å². The molecule has 0 radical (unpaired) electrons. The van der Waals surface area contributed by atoms with Crippen LogP contribution in [0.2, 0.25) is 0 Å². The van der Waals surface area contributed by atoms with Crippen LogP contribution in [0.3, 0.4) is 0 Å². The zero-order valence-electron chi connectivity index (χ0n) is 14.0. The second-order valence-electron chi connectivity index (χ2n) is 5.72. The molecule has 128 valence electrons. The molecule has 0 aliphatic rings. The topological polar surface area (TPSA) is 76.9 Å². The molecular formula is C18H18N4O2S. The van der Waals surface area contributed by atoms with Crippen LogP contribution in [0.15, 0.2) is 47.0 Å². The van der Waals surface area contributed by atoms with E-state index in [0.717, 1.165) is 10.6 Å². The molecule has 0 saturated carbocycles. The third kappa shape index (κ3) is 4.00. The van der Waals surface area contributed by atoms with Gasteiger partial charge in [0.25, 0.3) is 11.5 Å². The van der Waals surface area contributed by atoms with E-state index in [-0.39, 0.29) is 23.6 Å². The molecule has 1 amide bonds. The van der Waals surface area contributed by atoms with Gasteiger partial charge in [-0.2, -0.15) is 0 Å². The summed E-state index contributed by atoms with van der Waals surface area (Å²) in [7, 11) is 0. The number of aromatic nitrogens is 3. The second kappa shape index (κ2) is 7.40. The van der Waals surface area contributed by atoms with E-state index in [0.29, 0.717) is 17.8 Å². The normalized spacial score (nSPS) is 10.6. The number of hydrogen-bond donors (Lipinski definition) is 1. The molecular weight excluding hydrogens is 336 g/mol. The number of carbonyl (C=O) groups is 1. The van der Waals surface area contributed by atoms with Crippen LogP contribution in [0.4, 0.5) is 0 Å². The van der Waals surface area contributed by atoms with E-state index < -0.39 is 0 Å². The van der Waals surface area contributed by atoms with Crippen molar-refractivity contribution < 1.29 is 4.79 Å². The van der Waals surface area contributed by atoms with Crippen LogP contribution >= 0.6 is 11.3 Å². The third-order valence-corrected chi connectivity index (χ3v) is 4.65. The zero-order valence-corrected chi connectivity index (χ0v) is 14.8. The van der Waals surface area contributed by atoms with Crippen molar-refractivity contribution in [2.24, 2.45) is 0 Å². The number of thiophene rings is 1. The maximum Gasteiger partial charge on any atom is 0.264 e. The SMILES string of the molecule is Cc1cnc(Cn2ccc(C)c(C(=O)NCc3cccs3)c2=O)cn1. The summed E-state index contributed by atoms with van der Waals surface area (Å²) in [6.07, 6.45) is 4.97. The first-order valence-electron chi connectivity index (χ1n) is 7.83. The molecule has 0 aliphatic heterocycles. The highest BCUT2D eigenvalue weighted by molar-refractivity contribution is 7.09. The van der Waals surface area contributed by atoms with Crippen LogP contribution < -0.4 is 10.9 Å². The Labute approximate surface area is 149 Å². The molecule has 0 aliphatic carbocycles. The molecule has 3 aromatic rings. The molecule has 1 N–H and O–H groups in total. The smallest absolute Gasteiger partial charge is 0.264 e. The Bertz CT molecular complexity index is 931. The molecule has 0 spiro atoms. The molecule has 3 heterocycles. The fourth-order valence-electron chi connectivity index (χ4n) is 2.41. The first-order valence-corrected chi connectivity index (χ1v) is 8.70. The van der Waals surface area contributed by atoms with Gasteiger partial charge in [0.05, 0.1) is 30.7 Å². The van der Waals surface area contributed by atoms with E-state index in [4.69, 9.17) is 0 Å². The molecule has 0 bridgehead atoms. The van der Waals surface area contributed by atoms with Gasteiger partial charge in [0.1, 0.15) is 5.56 Å². The average molecular weight is 354 g/mol. The quantitative estimate of drug-likeness (QED) is 0.763. The summed E-state index contributed by atoms with van der Waals surface area (Å²) in [6, 6.07) is 5.63. The minimum Gasteiger partial charge on any atom is -0.347 e. The van der Waals surface area contributed by atoms with Crippen molar-refractivity contribution in [2.75, 3.05) is 0 Å². The van der Waals surface area contributed by atoms with Gasteiger partial charge >= 0.3 is 0 Å². The number of nitrogens with zero attached hydrogens (tertiary/aromatic N) is 3. The summed E-state index contributed by atoms with van der Waals surface area (Å²) in [5.74, 6) is -0.361. The molecule has 0 aromatic carbocycles. The van der Waals surface area contributed by atoms with Gasteiger partial charge in [-0.15, -0.1) is 11.3 Å². The molecule has 0 unspecified atom stereocenters. The first-order chi connectivity index (χ1) is 12.0. The highest BCUT2D eigenvalue weighted by Gasteiger charge is 2.16. The predicted molar refractivity (Wildman–Crippen MR) is 96.8 cm³/mol. The Hall–Kier alpha value is -2.80. The van der Waals surface area contributed by atoms with Gasteiger partial charge in [-0.1, -0.05) is 6.07 Å². The Kier molecular flexibility index (Phi) is 5.04. The fourth-order valence-corrected chi connectivity index (χ4v) is 3.05. The number of pyridine rings is 1. The maximum atomic E-state index is 12.7. The number of aryl methyl sites for hydroxylation is 2. The molecule has 3 rings (SSSR count). The summed E-state index contributed by atoms with van der Waals surface area (Å²) in [4.78, 5) is 34.7. The van der Waals surface area contributed by atoms with Gasteiger partial charge in [0.15, 0.2) is 0 Å². The van der Waals surface area contributed by atoms with Gasteiger partial charge < -0.3 is 9.88 Å². The van der Waals surface area contributed by atoms with Crippen LogP contribution in [0, 0.1) is 13.8 Å². The van der Waals surface area contributed by atoms with Gasteiger partial charge in [0, 0.05) is 17.3 Å². The number of hydrogen-bond acceptors (Lipinski definition) is 5. The number of amides is 1. The average Bonchev–Trinajstić information content (AvgIpc) is 3.11. The number of carbonyl (C=O) groups excluding carboxylic acids is 1. The van der Waals surface area contributed by atoms with Crippen LogP contribution in [-0.2, 0) is 13.1 Å². The fraction of sp³-hybridized carbons (Fsp3) is 0.222. The van der Waals surface area contributed by atoms with E-state index in [2.05, 4.69) is 15.3 Å². The van der Waals surface area contributed by atoms with Crippen LogP contribution in [0.25, 0.3) is 0 Å². The lowest BCUT2D eigenvalue weighted by atomic mass is 10.1. The minimum atomic E-state index is -0.361. The first kappa shape index (κ1) is 17.0. The van der Waals surface area contributed by atoms with Crippen molar-refractivity contribution >= 4 is 17.2 Å². The molecule has 6 nitrogen and oxygen atoms in total. The van der Waals surface area contributed by atoms with Crippen LogP contribution in [-0.4, -0.2) is 20.4 Å². The Balaban J connectivity index is 1.82. The largest absolute Gasteiger partial charge is 0.347 e. The Morgan fingerprint density at radius 2 is 2.08 bits per heavy atom. The molecule has 0 saturated heterocycles. The molecule has 3 aromatic heterocycles. The lowest BCUT2D eigenvalue weighted by molar-refractivity contribution is 0.0948. The lowest BCUT2D eigenvalue weighted by Crippen LogP contribution is -2.34. The van der Waals surface area contributed by atoms with Crippen molar-refractivity contribution in [3.8, 4) is 0 Å². The molecule has 7 heteroatoms.